The van der Waals surface area contributed by atoms with Crippen LogP contribution >= 0.6 is 0 Å². The van der Waals surface area contributed by atoms with Gasteiger partial charge in [-0.05, 0) is 36.9 Å². The molecule has 3 rings (SSSR count). The van der Waals surface area contributed by atoms with Gasteiger partial charge >= 0.3 is 0 Å². The molecule has 2 N–H and O–H groups in total. The Kier molecular flexibility index (Phi) is 4.52. The molecule has 1 aliphatic heterocycles. The van der Waals surface area contributed by atoms with Gasteiger partial charge in [-0.2, -0.15) is 0 Å². The Bertz CT molecular complexity index is 394. The molecular weight excluding hydrogens is 232 g/mol. The molecule has 19 heavy (non-hydrogen) atoms. The van der Waals surface area contributed by atoms with E-state index in [0.717, 1.165) is 19.1 Å². The minimum absolute atomic E-state index is 0.508. The van der Waals surface area contributed by atoms with E-state index in [1.165, 1.54) is 56.1 Å². The van der Waals surface area contributed by atoms with Gasteiger partial charge in [-0.15, -0.1) is 0 Å². The third kappa shape index (κ3) is 3.37. The Balaban J connectivity index is 1.58. The van der Waals surface area contributed by atoms with Crippen LogP contribution in [0, 0.1) is 0 Å². The molecule has 2 heteroatoms. The molecule has 1 unspecified atom stereocenters. The predicted octanol–water partition coefficient (Wildman–Crippen LogP) is 3.19. The summed E-state index contributed by atoms with van der Waals surface area (Å²) in [4.78, 5) is 0. The van der Waals surface area contributed by atoms with E-state index in [1.807, 2.05) is 0 Å². The SMILES string of the molecule is c1ccc2c(c1)CCNC2CNC1CCCCCC1. The van der Waals surface area contributed by atoms with Crippen molar-refractivity contribution >= 4 is 0 Å². The summed E-state index contributed by atoms with van der Waals surface area (Å²) in [5, 5.41) is 7.48. The van der Waals surface area contributed by atoms with Crippen molar-refractivity contribution < 1.29 is 0 Å². The Morgan fingerprint density at radius 3 is 2.68 bits per heavy atom. The summed E-state index contributed by atoms with van der Waals surface area (Å²) < 4.78 is 0. The van der Waals surface area contributed by atoms with Crippen molar-refractivity contribution in [1.29, 1.82) is 0 Å². The first-order chi connectivity index (χ1) is 9.43. The van der Waals surface area contributed by atoms with Crippen molar-refractivity contribution in [3.05, 3.63) is 35.4 Å². The average Bonchev–Trinajstić information content (AvgIpc) is 2.74. The van der Waals surface area contributed by atoms with Crippen LogP contribution in [0.2, 0.25) is 0 Å². The number of hydrogen-bond acceptors (Lipinski definition) is 2. The molecule has 1 aromatic rings. The highest BCUT2D eigenvalue weighted by molar-refractivity contribution is 5.32. The normalized spacial score (nSPS) is 24.7. The van der Waals surface area contributed by atoms with Crippen LogP contribution in [0.5, 0.6) is 0 Å². The topological polar surface area (TPSA) is 24.1 Å². The first kappa shape index (κ1) is 13.1. The first-order valence-corrected chi connectivity index (χ1v) is 7.98. The summed E-state index contributed by atoms with van der Waals surface area (Å²) in [6, 6.07) is 10.2. The molecule has 0 radical (unpaired) electrons. The monoisotopic (exact) mass is 258 g/mol. The number of fused-ring (bicyclic) bond motifs is 1. The molecule has 0 bridgehead atoms. The molecule has 0 aromatic heterocycles. The fourth-order valence-corrected chi connectivity index (χ4v) is 3.54. The van der Waals surface area contributed by atoms with E-state index in [9.17, 15) is 0 Å². The van der Waals surface area contributed by atoms with Crippen LogP contribution < -0.4 is 10.6 Å². The van der Waals surface area contributed by atoms with Crippen LogP contribution in [-0.4, -0.2) is 19.1 Å². The van der Waals surface area contributed by atoms with Crippen LogP contribution in [-0.2, 0) is 6.42 Å². The van der Waals surface area contributed by atoms with Gasteiger partial charge in [-0.25, -0.2) is 0 Å². The summed E-state index contributed by atoms with van der Waals surface area (Å²) in [5.74, 6) is 0. The molecule has 2 aliphatic rings. The summed E-state index contributed by atoms with van der Waals surface area (Å²) >= 11 is 0. The van der Waals surface area contributed by atoms with Crippen molar-refractivity contribution in [1.82, 2.24) is 10.6 Å². The second-order valence-electron chi connectivity index (χ2n) is 6.05. The average molecular weight is 258 g/mol. The lowest BCUT2D eigenvalue weighted by atomic mass is 9.94. The van der Waals surface area contributed by atoms with Crippen LogP contribution in [0.1, 0.15) is 55.7 Å². The summed E-state index contributed by atoms with van der Waals surface area (Å²) in [6.45, 7) is 2.20. The zero-order valence-corrected chi connectivity index (χ0v) is 11.8. The number of benzene rings is 1. The lowest BCUT2D eigenvalue weighted by Crippen LogP contribution is -2.40. The van der Waals surface area contributed by atoms with Crippen LogP contribution in [0.3, 0.4) is 0 Å². The van der Waals surface area contributed by atoms with Crippen molar-refractivity contribution in [3.8, 4) is 0 Å². The second kappa shape index (κ2) is 6.53. The van der Waals surface area contributed by atoms with Crippen molar-refractivity contribution in [2.75, 3.05) is 13.1 Å². The highest BCUT2D eigenvalue weighted by atomic mass is 15.0. The summed E-state index contributed by atoms with van der Waals surface area (Å²) in [6.07, 6.45) is 9.60. The molecule has 0 amide bonds. The molecule has 0 spiro atoms. The Labute approximate surface area is 117 Å². The van der Waals surface area contributed by atoms with Crippen molar-refractivity contribution in [2.24, 2.45) is 0 Å². The zero-order chi connectivity index (χ0) is 12.9. The minimum atomic E-state index is 0.508. The molecule has 1 heterocycles. The molecule has 0 saturated heterocycles. The fourth-order valence-electron chi connectivity index (χ4n) is 3.54. The standard InChI is InChI=1S/C17H26N2/c1-2-4-9-15(8-3-1)19-13-17-16-10-6-5-7-14(16)11-12-18-17/h5-7,10,15,17-19H,1-4,8-9,11-13H2. The second-order valence-corrected chi connectivity index (χ2v) is 6.05. The van der Waals surface area contributed by atoms with Gasteiger partial charge in [-0.3, -0.25) is 0 Å². The highest BCUT2D eigenvalue weighted by Gasteiger charge is 2.20. The molecule has 1 aliphatic carbocycles. The van der Waals surface area contributed by atoms with Crippen LogP contribution in [0.4, 0.5) is 0 Å². The predicted molar refractivity (Wildman–Crippen MR) is 80.4 cm³/mol. The van der Waals surface area contributed by atoms with Gasteiger partial charge in [0, 0.05) is 18.6 Å². The summed E-state index contributed by atoms with van der Waals surface area (Å²) in [5.41, 5.74) is 3.05. The van der Waals surface area contributed by atoms with E-state index in [4.69, 9.17) is 0 Å². The Morgan fingerprint density at radius 2 is 1.84 bits per heavy atom. The van der Waals surface area contributed by atoms with E-state index in [0.29, 0.717) is 6.04 Å². The maximum Gasteiger partial charge on any atom is 0.0449 e. The lowest BCUT2D eigenvalue weighted by Gasteiger charge is -2.29. The van der Waals surface area contributed by atoms with Gasteiger partial charge in [0.05, 0.1) is 0 Å². The third-order valence-corrected chi connectivity index (χ3v) is 4.68. The van der Waals surface area contributed by atoms with Gasteiger partial charge in [0.1, 0.15) is 0 Å². The molecule has 1 fully saturated rings. The first-order valence-electron chi connectivity index (χ1n) is 7.98. The molecule has 1 aromatic carbocycles. The highest BCUT2D eigenvalue weighted by Crippen LogP contribution is 2.23. The van der Waals surface area contributed by atoms with Crippen molar-refractivity contribution in [2.45, 2.75) is 57.0 Å². The van der Waals surface area contributed by atoms with E-state index in [-0.39, 0.29) is 0 Å². The molecule has 1 saturated carbocycles. The largest absolute Gasteiger partial charge is 0.312 e. The van der Waals surface area contributed by atoms with E-state index in [1.54, 1.807) is 0 Å². The zero-order valence-electron chi connectivity index (χ0n) is 11.8. The smallest absolute Gasteiger partial charge is 0.0449 e. The van der Waals surface area contributed by atoms with E-state index in [2.05, 4.69) is 34.9 Å². The van der Waals surface area contributed by atoms with Gasteiger partial charge in [0.2, 0.25) is 0 Å². The molecular formula is C17H26N2. The van der Waals surface area contributed by atoms with Gasteiger partial charge in [0.25, 0.3) is 0 Å². The van der Waals surface area contributed by atoms with Crippen LogP contribution in [0.25, 0.3) is 0 Å². The maximum atomic E-state index is 3.81. The fraction of sp³-hybridized carbons (Fsp3) is 0.647. The number of rotatable bonds is 3. The Morgan fingerprint density at radius 1 is 1.05 bits per heavy atom. The Hall–Kier alpha value is -0.860. The van der Waals surface area contributed by atoms with Crippen molar-refractivity contribution in [3.63, 3.8) is 0 Å². The maximum absolute atomic E-state index is 3.81. The van der Waals surface area contributed by atoms with Gasteiger partial charge < -0.3 is 10.6 Å². The van der Waals surface area contributed by atoms with Gasteiger partial charge in [0.15, 0.2) is 0 Å². The number of hydrogen-bond donors (Lipinski definition) is 2. The molecule has 1 atom stereocenters. The van der Waals surface area contributed by atoms with E-state index >= 15 is 0 Å². The number of nitrogens with one attached hydrogen (secondary N) is 2. The van der Waals surface area contributed by atoms with Crippen LogP contribution in [0.15, 0.2) is 24.3 Å². The quantitative estimate of drug-likeness (QED) is 0.814. The third-order valence-electron chi connectivity index (χ3n) is 4.68. The van der Waals surface area contributed by atoms with E-state index < -0.39 is 0 Å². The molecule has 2 nitrogen and oxygen atoms in total. The summed E-state index contributed by atoms with van der Waals surface area (Å²) in [7, 11) is 0. The molecule has 104 valence electrons. The lowest BCUT2D eigenvalue weighted by molar-refractivity contribution is 0.402. The minimum Gasteiger partial charge on any atom is -0.312 e. The van der Waals surface area contributed by atoms with Gasteiger partial charge in [-0.1, -0.05) is 49.9 Å².